The third-order valence-corrected chi connectivity index (χ3v) is 2.72. The Morgan fingerprint density at radius 1 is 1.33 bits per heavy atom. The fourth-order valence-electron chi connectivity index (χ4n) is 1.78. The molecule has 18 heavy (non-hydrogen) atoms. The zero-order chi connectivity index (χ0) is 13.5. The lowest BCUT2D eigenvalue weighted by atomic mass is 10.0. The number of ether oxygens (including phenoxy) is 2. The predicted molar refractivity (Wildman–Crippen MR) is 68.2 cm³/mol. The number of carbonyl (C=O) groups is 1. The maximum absolute atomic E-state index is 10.6. The lowest BCUT2D eigenvalue weighted by molar-refractivity contribution is -0.136. The SMILES string of the molecule is CCC(NCC(=O)O)c1ccc(OC)c(OC)c1. The summed E-state index contributed by atoms with van der Waals surface area (Å²) in [6.07, 6.45) is 0.794. The van der Waals surface area contributed by atoms with Gasteiger partial charge in [0.05, 0.1) is 20.8 Å². The molecule has 0 fully saturated rings. The summed E-state index contributed by atoms with van der Waals surface area (Å²) in [7, 11) is 3.16. The summed E-state index contributed by atoms with van der Waals surface area (Å²) < 4.78 is 10.4. The van der Waals surface area contributed by atoms with Crippen LogP contribution < -0.4 is 14.8 Å². The molecule has 1 aromatic carbocycles. The van der Waals surface area contributed by atoms with Crippen LogP contribution in [0.4, 0.5) is 0 Å². The minimum atomic E-state index is -0.867. The summed E-state index contributed by atoms with van der Waals surface area (Å²) in [5.41, 5.74) is 0.983. The van der Waals surface area contributed by atoms with E-state index in [1.807, 2.05) is 25.1 Å². The maximum atomic E-state index is 10.6. The Bertz CT molecular complexity index is 406. The molecule has 0 bridgehead atoms. The smallest absolute Gasteiger partial charge is 0.317 e. The molecule has 0 aliphatic carbocycles. The van der Waals surface area contributed by atoms with Gasteiger partial charge in [-0.1, -0.05) is 13.0 Å². The van der Waals surface area contributed by atoms with Crippen LogP contribution in [0.25, 0.3) is 0 Å². The van der Waals surface area contributed by atoms with Crippen molar-refractivity contribution in [2.24, 2.45) is 0 Å². The van der Waals surface area contributed by atoms with E-state index in [0.717, 1.165) is 12.0 Å². The second-order valence-electron chi connectivity index (χ2n) is 3.85. The second kappa shape index (κ2) is 6.86. The number of carboxylic acid groups (broad SMARTS) is 1. The fourth-order valence-corrected chi connectivity index (χ4v) is 1.78. The van der Waals surface area contributed by atoms with Gasteiger partial charge in [0.2, 0.25) is 0 Å². The van der Waals surface area contributed by atoms with E-state index in [1.54, 1.807) is 14.2 Å². The first-order chi connectivity index (χ1) is 8.62. The summed E-state index contributed by atoms with van der Waals surface area (Å²) in [6, 6.07) is 5.58. The molecule has 5 heteroatoms. The molecule has 0 saturated carbocycles. The Hall–Kier alpha value is -1.75. The lowest BCUT2D eigenvalue weighted by Gasteiger charge is -2.18. The van der Waals surface area contributed by atoms with Crippen molar-refractivity contribution in [1.82, 2.24) is 5.32 Å². The van der Waals surface area contributed by atoms with Gasteiger partial charge in [-0.15, -0.1) is 0 Å². The largest absolute Gasteiger partial charge is 0.493 e. The van der Waals surface area contributed by atoms with Crippen LogP contribution in [-0.2, 0) is 4.79 Å². The summed E-state index contributed by atoms with van der Waals surface area (Å²) in [4.78, 5) is 10.6. The van der Waals surface area contributed by atoms with Crippen LogP contribution >= 0.6 is 0 Å². The number of methoxy groups -OCH3 is 2. The Balaban J connectivity index is 2.88. The molecule has 0 heterocycles. The molecule has 0 aliphatic rings. The van der Waals surface area contributed by atoms with E-state index in [2.05, 4.69) is 5.32 Å². The highest BCUT2D eigenvalue weighted by Gasteiger charge is 2.13. The molecule has 0 saturated heterocycles. The number of aliphatic carboxylic acids is 1. The molecular weight excluding hydrogens is 234 g/mol. The molecule has 1 unspecified atom stereocenters. The Labute approximate surface area is 107 Å². The van der Waals surface area contributed by atoms with Crippen LogP contribution in [-0.4, -0.2) is 31.8 Å². The van der Waals surface area contributed by atoms with Gasteiger partial charge in [-0.3, -0.25) is 4.79 Å². The standard InChI is InChI=1S/C13H19NO4/c1-4-10(14-8-13(15)16)9-5-6-11(17-2)12(7-9)18-3/h5-7,10,14H,4,8H2,1-3H3,(H,15,16). The molecule has 2 N–H and O–H groups in total. The van der Waals surface area contributed by atoms with Crippen molar-refractivity contribution in [1.29, 1.82) is 0 Å². The van der Waals surface area contributed by atoms with Crippen LogP contribution in [0.5, 0.6) is 11.5 Å². The molecule has 1 rings (SSSR count). The molecule has 100 valence electrons. The second-order valence-corrected chi connectivity index (χ2v) is 3.85. The first kappa shape index (κ1) is 14.3. The van der Waals surface area contributed by atoms with Gasteiger partial charge in [0.25, 0.3) is 0 Å². The molecule has 1 atom stereocenters. The number of hydrogen-bond acceptors (Lipinski definition) is 4. The average molecular weight is 253 g/mol. The first-order valence-corrected chi connectivity index (χ1v) is 5.79. The summed E-state index contributed by atoms with van der Waals surface area (Å²) in [5.74, 6) is 0.439. The summed E-state index contributed by atoms with van der Waals surface area (Å²) in [6.45, 7) is 1.93. The van der Waals surface area contributed by atoms with Crippen molar-refractivity contribution in [2.45, 2.75) is 19.4 Å². The summed E-state index contributed by atoms with van der Waals surface area (Å²) in [5, 5.41) is 11.7. The van der Waals surface area contributed by atoms with E-state index in [0.29, 0.717) is 11.5 Å². The molecule has 0 aliphatic heterocycles. The van der Waals surface area contributed by atoms with Crippen molar-refractivity contribution in [3.8, 4) is 11.5 Å². The Kier molecular flexibility index (Phi) is 5.45. The lowest BCUT2D eigenvalue weighted by Crippen LogP contribution is -2.27. The monoisotopic (exact) mass is 253 g/mol. The molecule has 0 amide bonds. The van der Waals surface area contributed by atoms with Gasteiger partial charge in [-0.25, -0.2) is 0 Å². The summed E-state index contributed by atoms with van der Waals surface area (Å²) >= 11 is 0. The van der Waals surface area contributed by atoms with Gasteiger partial charge >= 0.3 is 5.97 Å². The van der Waals surface area contributed by atoms with Gasteiger partial charge in [-0.2, -0.15) is 0 Å². The third kappa shape index (κ3) is 3.63. The van der Waals surface area contributed by atoms with E-state index < -0.39 is 5.97 Å². The van der Waals surface area contributed by atoms with Gasteiger partial charge < -0.3 is 19.9 Å². The highest BCUT2D eigenvalue weighted by atomic mass is 16.5. The normalized spacial score (nSPS) is 11.9. The highest BCUT2D eigenvalue weighted by Crippen LogP contribution is 2.30. The van der Waals surface area contributed by atoms with Crippen LogP contribution in [0.15, 0.2) is 18.2 Å². The maximum Gasteiger partial charge on any atom is 0.317 e. The van der Waals surface area contributed by atoms with E-state index in [4.69, 9.17) is 14.6 Å². The topological polar surface area (TPSA) is 67.8 Å². The van der Waals surface area contributed by atoms with Crippen LogP contribution in [0.2, 0.25) is 0 Å². The van der Waals surface area contributed by atoms with E-state index in [9.17, 15) is 4.79 Å². The van der Waals surface area contributed by atoms with Gasteiger partial charge in [0.1, 0.15) is 0 Å². The zero-order valence-electron chi connectivity index (χ0n) is 10.9. The van der Waals surface area contributed by atoms with Crippen LogP contribution in [0.3, 0.4) is 0 Å². The highest BCUT2D eigenvalue weighted by molar-refractivity contribution is 5.69. The van der Waals surface area contributed by atoms with Crippen LogP contribution in [0, 0.1) is 0 Å². The number of benzene rings is 1. The van der Waals surface area contributed by atoms with Crippen molar-refractivity contribution < 1.29 is 19.4 Å². The molecule has 0 aromatic heterocycles. The van der Waals surface area contributed by atoms with Crippen LogP contribution in [0.1, 0.15) is 24.9 Å². The predicted octanol–water partition coefficient (Wildman–Crippen LogP) is 1.83. The fraction of sp³-hybridized carbons (Fsp3) is 0.462. The van der Waals surface area contributed by atoms with Crippen molar-refractivity contribution >= 4 is 5.97 Å². The van der Waals surface area contributed by atoms with Crippen molar-refractivity contribution in [3.05, 3.63) is 23.8 Å². The van der Waals surface area contributed by atoms with E-state index >= 15 is 0 Å². The Morgan fingerprint density at radius 2 is 2.00 bits per heavy atom. The minimum absolute atomic E-state index is 0.0130. The molecular formula is C13H19NO4. The first-order valence-electron chi connectivity index (χ1n) is 5.79. The van der Waals surface area contributed by atoms with Gasteiger partial charge in [0.15, 0.2) is 11.5 Å². The number of hydrogen-bond donors (Lipinski definition) is 2. The van der Waals surface area contributed by atoms with Gasteiger partial charge in [-0.05, 0) is 24.1 Å². The Morgan fingerprint density at radius 3 is 2.50 bits per heavy atom. The molecule has 1 aromatic rings. The quantitative estimate of drug-likeness (QED) is 0.776. The van der Waals surface area contributed by atoms with Crippen molar-refractivity contribution in [2.75, 3.05) is 20.8 Å². The zero-order valence-corrected chi connectivity index (χ0v) is 10.9. The molecule has 0 radical (unpaired) electrons. The van der Waals surface area contributed by atoms with Gasteiger partial charge in [0, 0.05) is 6.04 Å². The molecule has 5 nitrogen and oxygen atoms in total. The minimum Gasteiger partial charge on any atom is -0.493 e. The van der Waals surface area contributed by atoms with Crippen molar-refractivity contribution in [3.63, 3.8) is 0 Å². The number of rotatable bonds is 7. The van der Waals surface area contributed by atoms with E-state index in [-0.39, 0.29) is 12.6 Å². The number of carboxylic acids is 1. The van der Waals surface area contributed by atoms with E-state index in [1.165, 1.54) is 0 Å². The third-order valence-electron chi connectivity index (χ3n) is 2.72. The number of nitrogens with one attached hydrogen (secondary N) is 1. The molecule has 0 spiro atoms. The average Bonchev–Trinajstić information content (AvgIpc) is 2.38.